The highest BCUT2D eigenvalue weighted by Gasteiger charge is 2.43. The molecule has 0 bridgehead atoms. The largest absolute Gasteiger partial charge is 0.573 e. The number of imide groups is 1. The van der Waals surface area contributed by atoms with E-state index in [2.05, 4.69) is 15.0 Å². The molecule has 35 heavy (non-hydrogen) atoms. The van der Waals surface area contributed by atoms with Crippen molar-refractivity contribution in [2.45, 2.75) is 25.2 Å². The first kappa shape index (κ1) is 23.7. The van der Waals surface area contributed by atoms with Crippen LogP contribution in [0.25, 0.3) is 0 Å². The first-order chi connectivity index (χ1) is 16.6. The number of rotatable bonds is 6. The van der Waals surface area contributed by atoms with Crippen LogP contribution in [-0.2, 0) is 4.79 Å². The van der Waals surface area contributed by atoms with Crippen molar-refractivity contribution >= 4 is 23.6 Å². The van der Waals surface area contributed by atoms with Crippen LogP contribution in [0, 0.1) is 0 Å². The third kappa shape index (κ3) is 5.24. The van der Waals surface area contributed by atoms with Crippen LogP contribution in [0.3, 0.4) is 0 Å². The van der Waals surface area contributed by atoms with E-state index in [0.29, 0.717) is 11.1 Å². The number of carbonyl (C=O) groups is 3. The molecule has 3 amide bonds. The smallest absolute Gasteiger partial charge is 0.421 e. The molecule has 2 heterocycles. The summed E-state index contributed by atoms with van der Waals surface area (Å²) in [5, 5.41) is 2.58. The summed E-state index contributed by atoms with van der Waals surface area (Å²) in [6.07, 6.45) is -2.07. The summed E-state index contributed by atoms with van der Waals surface area (Å²) >= 11 is 0. The molecule has 180 valence electrons. The fourth-order valence-electron chi connectivity index (χ4n) is 3.64. The van der Waals surface area contributed by atoms with Crippen molar-refractivity contribution in [2.75, 3.05) is 4.90 Å². The molecule has 11 heteroatoms. The molecule has 0 radical (unpaired) electrons. The number of carbonyl (C=O) groups excluding carboxylic acids is 3. The Morgan fingerprint density at radius 1 is 1.06 bits per heavy atom. The van der Waals surface area contributed by atoms with Gasteiger partial charge in [-0.15, -0.1) is 13.2 Å². The van der Waals surface area contributed by atoms with Crippen molar-refractivity contribution in [3.8, 4) is 11.5 Å². The molecule has 0 saturated carbocycles. The average Bonchev–Trinajstić information content (AvgIpc) is 3.13. The molecule has 0 spiro atoms. The highest BCUT2D eigenvalue weighted by atomic mass is 19.4. The Hall–Kier alpha value is -4.41. The first-order valence-corrected chi connectivity index (χ1v) is 10.4. The number of urea groups is 1. The van der Waals surface area contributed by atoms with Gasteiger partial charge in [-0.2, -0.15) is 0 Å². The number of amides is 3. The van der Waals surface area contributed by atoms with E-state index in [0.717, 1.165) is 17.0 Å². The molecule has 1 saturated heterocycles. The minimum atomic E-state index is -4.87. The molecular weight excluding hydrogens is 467 g/mol. The Morgan fingerprint density at radius 3 is 2.40 bits per heavy atom. The van der Waals surface area contributed by atoms with Crippen molar-refractivity contribution in [1.82, 2.24) is 10.3 Å². The van der Waals surface area contributed by atoms with E-state index >= 15 is 0 Å². The molecule has 1 fully saturated rings. The third-order valence-corrected chi connectivity index (χ3v) is 5.32. The van der Waals surface area contributed by atoms with Gasteiger partial charge < -0.3 is 14.8 Å². The van der Waals surface area contributed by atoms with E-state index in [-0.39, 0.29) is 11.4 Å². The van der Waals surface area contributed by atoms with Crippen LogP contribution in [-0.4, -0.2) is 35.3 Å². The van der Waals surface area contributed by atoms with Crippen LogP contribution in [0.2, 0.25) is 0 Å². The molecular formula is C24H18F3N3O5. The first-order valence-electron chi connectivity index (χ1n) is 10.4. The second-order valence-corrected chi connectivity index (χ2v) is 7.60. The lowest BCUT2D eigenvalue weighted by molar-refractivity contribution is -0.274. The van der Waals surface area contributed by atoms with Crippen LogP contribution >= 0.6 is 0 Å². The highest BCUT2D eigenvalue weighted by molar-refractivity contribution is 6.21. The third-order valence-electron chi connectivity index (χ3n) is 5.32. The lowest BCUT2D eigenvalue weighted by Gasteiger charge is -2.20. The quantitative estimate of drug-likeness (QED) is 0.410. The molecule has 2 atom stereocenters. The predicted molar refractivity (Wildman–Crippen MR) is 117 cm³/mol. The number of pyridine rings is 1. The molecule has 2 unspecified atom stereocenters. The summed E-state index contributed by atoms with van der Waals surface area (Å²) in [5.74, 6) is -2.23. The molecule has 1 N–H and O–H groups in total. The lowest BCUT2D eigenvalue weighted by Crippen LogP contribution is -2.35. The van der Waals surface area contributed by atoms with Crippen LogP contribution in [0.1, 0.15) is 28.8 Å². The molecule has 1 aliphatic rings. The van der Waals surface area contributed by atoms with E-state index in [4.69, 9.17) is 4.74 Å². The summed E-state index contributed by atoms with van der Waals surface area (Å²) in [5.41, 5.74) is 0.852. The number of hydrogen-bond acceptors (Lipinski definition) is 6. The van der Waals surface area contributed by atoms with Gasteiger partial charge in [0, 0.05) is 17.7 Å². The molecule has 2 aromatic carbocycles. The monoisotopic (exact) mass is 485 g/mol. The number of nitrogens with one attached hydrogen (secondary N) is 1. The number of alkyl halides is 3. The Balaban J connectivity index is 1.53. The fourth-order valence-corrected chi connectivity index (χ4v) is 3.64. The standard InChI is InChI=1S/C24H18F3N3O5/c1-14(18-11-12-28-13-19(18)34-22(32)15-5-3-2-4-6-15)20-21(31)30(23(33)29-20)16-7-9-17(10-8-16)35-24(25,26)27/h2-14,20H,1H3,(H,29,33). The number of benzene rings is 2. The Bertz CT molecular complexity index is 1250. The number of anilines is 1. The number of halogens is 3. The topological polar surface area (TPSA) is 97.8 Å². The Morgan fingerprint density at radius 2 is 1.74 bits per heavy atom. The molecule has 3 aromatic rings. The van der Waals surface area contributed by atoms with Gasteiger partial charge in [-0.1, -0.05) is 25.1 Å². The van der Waals surface area contributed by atoms with E-state index in [1.54, 1.807) is 43.3 Å². The Labute approximate surface area is 197 Å². The highest BCUT2D eigenvalue weighted by Crippen LogP contribution is 2.33. The van der Waals surface area contributed by atoms with Crippen molar-refractivity contribution < 1.29 is 37.0 Å². The minimum Gasteiger partial charge on any atom is -0.421 e. The molecule has 1 aliphatic heterocycles. The van der Waals surface area contributed by atoms with Gasteiger partial charge in [0.05, 0.1) is 17.4 Å². The van der Waals surface area contributed by atoms with E-state index in [9.17, 15) is 27.6 Å². The van der Waals surface area contributed by atoms with Gasteiger partial charge in [-0.05, 0) is 42.5 Å². The van der Waals surface area contributed by atoms with Gasteiger partial charge in [0.15, 0.2) is 5.75 Å². The SMILES string of the molecule is CC(c1ccncc1OC(=O)c1ccccc1)C1NC(=O)N(c2ccc(OC(F)(F)F)cc2)C1=O. The second-order valence-electron chi connectivity index (χ2n) is 7.60. The van der Waals surface area contributed by atoms with Crippen LogP contribution in [0.4, 0.5) is 23.7 Å². The number of nitrogens with zero attached hydrogens (tertiary/aromatic N) is 2. The zero-order chi connectivity index (χ0) is 25.2. The normalized spacial score (nSPS) is 16.6. The summed E-state index contributed by atoms with van der Waals surface area (Å²) in [7, 11) is 0. The van der Waals surface area contributed by atoms with Crippen LogP contribution in [0.5, 0.6) is 11.5 Å². The zero-order valence-electron chi connectivity index (χ0n) is 18.2. The van der Waals surface area contributed by atoms with Crippen molar-refractivity contribution in [3.05, 3.63) is 84.2 Å². The average molecular weight is 485 g/mol. The maximum absolute atomic E-state index is 13.1. The van der Waals surface area contributed by atoms with Crippen molar-refractivity contribution in [3.63, 3.8) is 0 Å². The van der Waals surface area contributed by atoms with E-state index in [1.165, 1.54) is 24.5 Å². The summed E-state index contributed by atoms with van der Waals surface area (Å²) < 4.78 is 46.5. The maximum atomic E-state index is 13.1. The van der Waals surface area contributed by atoms with Crippen molar-refractivity contribution in [1.29, 1.82) is 0 Å². The maximum Gasteiger partial charge on any atom is 0.573 e. The van der Waals surface area contributed by atoms with Gasteiger partial charge in [-0.3, -0.25) is 9.78 Å². The second kappa shape index (κ2) is 9.45. The summed E-state index contributed by atoms with van der Waals surface area (Å²) in [6.45, 7) is 1.67. The van der Waals surface area contributed by atoms with E-state index in [1.807, 2.05) is 0 Å². The molecule has 0 aliphatic carbocycles. The zero-order valence-corrected chi connectivity index (χ0v) is 18.2. The number of aromatic nitrogens is 1. The van der Waals surface area contributed by atoms with E-state index < -0.39 is 42.0 Å². The van der Waals surface area contributed by atoms with Gasteiger partial charge in [-0.25, -0.2) is 14.5 Å². The fraction of sp³-hybridized carbons (Fsp3) is 0.167. The lowest BCUT2D eigenvalue weighted by atomic mass is 9.93. The van der Waals surface area contributed by atoms with Crippen LogP contribution < -0.4 is 19.7 Å². The van der Waals surface area contributed by atoms with Gasteiger partial charge in [0.2, 0.25) is 0 Å². The van der Waals surface area contributed by atoms with Crippen molar-refractivity contribution in [2.24, 2.45) is 0 Å². The molecule has 8 nitrogen and oxygen atoms in total. The van der Waals surface area contributed by atoms with Gasteiger partial charge in [0.1, 0.15) is 11.8 Å². The summed E-state index contributed by atoms with van der Waals surface area (Å²) in [6, 6.07) is 12.5. The Kier molecular flexibility index (Phi) is 6.41. The molecule has 4 rings (SSSR count). The predicted octanol–water partition coefficient (Wildman–Crippen LogP) is 4.43. The molecule has 1 aromatic heterocycles. The minimum absolute atomic E-state index is 0.0715. The van der Waals surface area contributed by atoms with Gasteiger partial charge in [0.25, 0.3) is 5.91 Å². The van der Waals surface area contributed by atoms with Crippen LogP contribution in [0.15, 0.2) is 73.1 Å². The number of hydrogen-bond donors (Lipinski definition) is 1. The number of esters is 1. The number of ether oxygens (including phenoxy) is 2. The van der Waals surface area contributed by atoms with Gasteiger partial charge >= 0.3 is 18.4 Å². The summed E-state index contributed by atoms with van der Waals surface area (Å²) in [4.78, 5) is 43.0.